The maximum absolute atomic E-state index is 11.4. The zero-order chi connectivity index (χ0) is 15.4. The van der Waals surface area contributed by atoms with Crippen molar-refractivity contribution in [3.63, 3.8) is 0 Å². The first-order chi connectivity index (χ1) is 10.1. The van der Waals surface area contributed by atoms with Crippen molar-refractivity contribution in [3.8, 4) is 0 Å². The van der Waals surface area contributed by atoms with Crippen molar-refractivity contribution in [2.45, 2.75) is 0 Å². The van der Waals surface area contributed by atoms with Crippen molar-refractivity contribution in [3.05, 3.63) is 39.7 Å². The number of fused-ring (bicyclic) bond motifs is 1. The third kappa shape index (κ3) is 2.88. The lowest BCUT2D eigenvalue weighted by atomic mass is 10.3. The second-order valence-corrected chi connectivity index (χ2v) is 3.82. The molecule has 2 aromatic heterocycles. The summed E-state index contributed by atoms with van der Waals surface area (Å²) in [5.74, 6) is -1.05. The second kappa shape index (κ2) is 5.85. The highest BCUT2D eigenvalue weighted by Crippen LogP contribution is 2.22. The summed E-state index contributed by atoms with van der Waals surface area (Å²) in [6.45, 7) is 0. The van der Waals surface area contributed by atoms with Gasteiger partial charge in [0.2, 0.25) is 5.71 Å². The van der Waals surface area contributed by atoms with Crippen molar-refractivity contribution < 1.29 is 23.5 Å². The maximum Gasteiger partial charge on any atom is 0.354 e. The van der Waals surface area contributed by atoms with E-state index in [1.807, 2.05) is 0 Å². The number of ether oxygens (including phenoxy) is 2. The third-order valence-corrected chi connectivity index (χ3v) is 2.56. The van der Waals surface area contributed by atoms with E-state index in [9.17, 15) is 9.59 Å². The van der Waals surface area contributed by atoms with Crippen LogP contribution in [-0.4, -0.2) is 31.1 Å². The second-order valence-electron chi connectivity index (χ2n) is 3.82. The lowest BCUT2D eigenvalue weighted by Gasteiger charge is -1.96. The number of azide groups is 1. The molecule has 0 aliphatic rings. The van der Waals surface area contributed by atoms with Crippen molar-refractivity contribution in [1.29, 1.82) is 0 Å². The first kappa shape index (κ1) is 14.2. The molecule has 0 spiro atoms. The van der Waals surface area contributed by atoms with E-state index >= 15 is 0 Å². The Morgan fingerprint density at radius 2 is 2.14 bits per heavy atom. The molecular formula is C12H10N4O5. The summed E-state index contributed by atoms with van der Waals surface area (Å²) in [7, 11) is 2.43. The van der Waals surface area contributed by atoms with Crippen LogP contribution in [0.1, 0.15) is 16.2 Å². The zero-order valence-electron chi connectivity index (χ0n) is 11.1. The van der Waals surface area contributed by atoms with Gasteiger partial charge in [0.15, 0.2) is 0 Å². The van der Waals surface area contributed by atoms with Crippen molar-refractivity contribution >= 4 is 29.1 Å². The van der Waals surface area contributed by atoms with E-state index in [1.165, 1.54) is 19.3 Å². The minimum atomic E-state index is -0.789. The van der Waals surface area contributed by atoms with Crippen LogP contribution in [0, 0.1) is 0 Å². The summed E-state index contributed by atoms with van der Waals surface area (Å²) in [5, 5.41) is 3.83. The molecule has 1 N–H and O–H groups in total. The van der Waals surface area contributed by atoms with Gasteiger partial charge in [-0.1, -0.05) is 5.11 Å². The Bertz CT molecular complexity index is 747. The molecule has 2 rings (SSSR count). The fourth-order valence-corrected chi connectivity index (χ4v) is 1.65. The Morgan fingerprint density at radius 3 is 2.71 bits per heavy atom. The minimum Gasteiger partial charge on any atom is -0.466 e. The molecule has 21 heavy (non-hydrogen) atoms. The molecule has 0 radical (unpaired) electrons. The number of carbonyl (C=O) groups is 2. The molecule has 0 aliphatic carbocycles. The summed E-state index contributed by atoms with van der Waals surface area (Å²) in [6.07, 6.45) is 1.23. The fourth-order valence-electron chi connectivity index (χ4n) is 1.65. The Morgan fingerprint density at radius 1 is 1.38 bits per heavy atom. The minimum absolute atomic E-state index is 0.241. The molecule has 0 aliphatic heterocycles. The standard InChI is InChI=1S/C12H10N4O5/c1-19-11(17)8-4-6-3-7(21-10(6)14-8)5-9(15-16-13)12(18)20-2/h3-5,14H,1-2H3/b9-5-. The number of carbonyl (C=O) groups excluding carboxylic acids is 2. The molecule has 0 aromatic carbocycles. The fraction of sp³-hybridized carbons (Fsp3) is 0.167. The number of H-pyrrole nitrogens is 1. The smallest absolute Gasteiger partial charge is 0.354 e. The van der Waals surface area contributed by atoms with Gasteiger partial charge in [0, 0.05) is 10.3 Å². The molecule has 0 bridgehead atoms. The van der Waals surface area contributed by atoms with Gasteiger partial charge >= 0.3 is 11.9 Å². The number of furan rings is 1. The topological polar surface area (TPSA) is 130 Å². The Kier molecular flexibility index (Phi) is 3.96. The molecule has 108 valence electrons. The van der Waals surface area contributed by atoms with Crippen LogP contribution in [-0.2, 0) is 14.3 Å². The Balaban J connectivity index is 2.39. The lowest BCUT2D eigenvalue weighted by molar-refractivity contribution is -0.136. The SMILES string of the molecule is COC(=O)/C(=C/c1cc2cc(C(=O)OC)[nH]c2o1)N=[N+]=[N-]. The molecular weight excluding hydrogens is 280 g/mol. The average molecular weight is 290 g/mol. The largest absolute Gasteiger partial charge is 0.466 e. The third-order valence-electron chi connectivity index (χ3n) is 2.56. The zero-order valence-corrected chi connectivity index (χ0v) is 11.1. The summed E-state index contributed by atoms with van der Waals surface area (Å²) >= 11 is 0. The van der Waals surface area contributed by atoms with Gasteiger partial charge in [-0.15, -0.1) is 0 Å². The summed E-state index contributed by atoms with van der Waals surface area (Å²) < 4.78 is 14.4. The van der Waals surface area contributed by atoms with Gasteiger partial charge in [-0.2, -0.15) is 0 Å². The molecule has 0 saturated carbocycles. The Hall–Kier alpha value is -3.19. The van der Waals surface area contributed by atoms with Crippen LogP contribution >= 0.6 is 0 Å². The highest BCUT2D eigenvalue weighted by molar-refractivity contribution is 5.95. The number of hydrogen-bond acceptors (Lipinski definition) is 6. The predicted octanol–water partition coefficient (Wildman–Crippen LogP) is 2.37. The first-order valence-corrected chi connectivity index (χ1v) is 5.65. The first-order valence-electron chi connectivity index (χ1n) is 5.65. The number of esters is 2. The van der Waals surface area contributed by atoms with E-state index < -0.39 is 11.9 Å². The van der Waals surface area contributed by atoms with Gasteiger partial charge in [0.1, 0.15) is 17.2 Å². The van der Waals surface area contributed by atoms with Gasteiger partial charge in [0.25, 0.3) is 0 Å². The monoisotopic (exact) mass is 290 g/mol. The van der Waals surface area contributed by atoms with E-state index in [1.54, 1.807) is 6.07 Å². The summed E-state index contributed by atoms with van der Waals surface area (Å²) in [4.78, 5) is 28.0. The average Bonchev–Trinajstić information content (AvgIpc) is 3.03. The molecule has 0 fully saturated rings. The molecule has 0 atom stereocenters. The highest BCUT2D eigenvalue weighted by Gasteiger charge is 2.14. The van der Waals surface area contributed by atoms with Crippen LogP contribution in [0.5, 0.6) is 0 Å². The van der Waals surface area contributed by atoms with Crippen LogP contribution in [0.2, 0.25) is 0 Å². The number of methoxy groups -OCH3 is 2. The van der Waals surface area contributed by atoms with E-state index in [0.29, 0.717) is 11.1 Å². The van der Waals surface area contributed by atoms with Crippen molar-refractivity contribution in [2.75, 3.05) is 14.2 Å². The number of hydrogen-bond donors (Lipinski definition) is 1. The van der Waals surface area contributed by atoms with Crippen LogP contribution < -0.4 is 0 Å². The molecule has 0 amide bonds. The van der Waals surface area contributed by atoms with Crippen LogP contribution in [0.25, 0.3) is 27.6 Å². The van der Waals surface area contributed by atoms with Gasteiger partial charge in [-0.3, -0.25) is 0 Å². The van der Waals surface area contributed by atoms with Crippen molar-refractivity contribution in [2.24, 2.45) is 5.11 Å². The molecule has 2 heterocycles. The molecule has 0 saturated heterocycles. The highest BCUT2D eigenvalue weighted by atomic mass is 16.5. The van der Waals surface area contributed by atoms with E-state index in [-0.39, 0.29) is 17.2 Å². The maximum atomic E-state index is 11.4. The number of aromatic amines is 1. The molecule has 2 aromatic rings. The summed E-state index contributed by atoms with van der Waals surface area (Å²) in [5.41, 5.74) is 8.73. The number of rotatable bonds is 4. The number of aromatic nitrogens is 1. The quantitative estimate of drug-likeness (QED) is 0.303. The van der Waals surface area contributed by atoms with Gasteiger partial charge in [-0.25, -0.2) is 9.59 Å². The Labute approximate surface area is 117 Å². The molecule has 9 heteroatoms. The molecule has 0 unspecified atom stereocenters. The van der Waals surface area contributed by atoms with Gasteiger partial charge in [-0.05, 0) is 23.7 Å². The molecule has 9 nitrogen and oxygen atoms in total. The van der Waals surface area contributed by atoms with Crippen molar-refractivity contribution in [1.82, 2.24) is 4.98 Å². The lowest BCUT2D eigenvalue weighted by Crippen LogP contribution is -2.01. The van der Waals surface area contributed by atoms with Crippen LogP contribution in [0.3, 0.4) is 0 Å². The van der Waals surface area contributed by atoms with Crippen LogP contribution in [0.4, 0.5) is 0 Å². The van der Waals surface area contributed by atoms with Gasteiger partial charge < -0.3 is 18.9 Å². The summed E-state index contributed by atoms with van der Waals surface area (Å²) in [6, 6.07) is 3.10. The van der Waals surface area contributed by atoms with E-state index in [2.05, 4.69) is 24.5 Å². The van der Waals surface area contributed by atoms with Crippen LogP contribution in [0.15, 0.2) is 27.4 Å². The number of nitrogens with zero attached hydrogens (tertiary/aromatic N) is 3. The predicted molar refractivity (Wildman–Crippen MR) is 71.0 cm³/mol. The van der Waals surface area contributed by atoms with Gasteiger partial charge in [0.05, 0.1) is 14.2 Å². The number of nitrogens with one attached hydrogen (secondary N) is 1. The van der Waals surface area contributed by atoms with E-state index in [4.69, 9.17) is 9.95 Å². The normalized spacial score (nSPS) is 11.0. The van der Waals surface area contributed by atoms with E-state index in [0.717, 1.165) is 7.11 Å².